The first-order valence-corrected chi connectivity index (χ1v) is 5.52. The third-order valence-corrected chi connectivity index (χ3v) is 3.62. The summed E-state index contributed by atoms with van der Waals surface area (Å²) in [6, 6.07) is 0. The van der Waals surface area contributed by atoms with Gasteiger partial charge in [0.25, 0.3) is 0 Å². The summed E-state index contributed by atoms with van der Waals surface area (Å²) in [5, 5.41) is 0. The van der Waals surface area contributed by atoms with Crippen LogP contribution >= 0.6 is 0 Å². The second-order valence-corrected chi connectivity index (χ2v) is 4.72. The molecule has 1 saturated carbocycles. The quantitative estimate of drug-likeness (QED) is 0.511. The van der Waals surface area contributed by atoms with E-state index in [-0.39, 0.29) is 0 Å². The van der Waals surface area contributed by atoms with Gasteiger partial charge in [0.1, 0.15) is 6.61 Å². The zero-order chi connectivity index (χ0) is 10.7. The lowest BCUT2D eigenvalue weighted by molar-refractivity contribution is -0.133. The van der Waals surface area contributed by atoms with Crippen LogP contribution in [0, 0.1) is 17.8 Å². The molecule has 3 heteroatoms. The summed E-state index contributed by atoms with van der Waals surface area (Å²) in [4.78, 5) is 12.3. The van der Waals surface area contributed by atoms with E-state index in [1.807, 2.05) is 4.90 Å². The average Bonchev–Trinajstić information content (AvgIpc) is 2.24. The van der Waals surface area contributed by atoms with Crippen LogP contribution in [0.2, 0.25) is 0 Å². The molecule has 1 amide bonds. The van der Waals surface area contributed by atoms with Crippen molar-refractivity contribution in [3.05, 3.63) is 0 Å². The Kier molecular flexibility index (Phi) is 2.97. The van der Waals surface area contributed by atoms with Crippen molar-refractivity contribution < 1.29 is 9.53 Å². The van der Waals surface area contributed by atoms with Crippen LogP contribution in [-0.4, -0.2) is 37.1 Å². The standard InChI is InChI=1S/C12H17NO2/c1-2-7-15-11-3-5-12(6-4-11)8-13(9-12)10-14/h1,10-11H,3-9H2. The van der Waals surface area contributed by atoms with Crippen LogP contribution in [0.4, 0.5) is 0 Å². The number of nitrogens with zero attached hydrogens (tertiary/aromatic N) is 1. The van der Waals surface area contributed by atoms with Crippen molar-refractivity contribution in [1.82, 2.24) is 4.90 Å². The van der Waals surface area contributed by atoms with Crippen LogP contribution in [0.5, 0.6) is 0 Å². The third-order valence-electron chi connectivity index (χ3n) is 3.62. The van der Waals surface area contributed by atoms with Crippen LogP contribution in [0.3, 0.4) is 0 Å². The van der Waals surface area contributed by atoms with Gasteiger partial charge in [-0.05, 0) is 25.7 Å². The zero-order valence-electron chi connectivity index (χ0n) is 8.95. The van der Waals surface area contributed by atoms with Gasteiger partial charge >= 0.3 is 0 Å². The Morgan fingerprint density at radius 1 is 1.47 bits per heavy atom. The number of terminal acetylenes is 1. The monoisotopic (exact) mass is 207 g/mol. The SMILES string of the molecule is C#CCOC1CCC2(CC1)CN(C=O)C2. The van der Waals surface area contributed by atoms with Gasteiger partial charge in [-0.25, -0.2) is 0 Å². The van der Waals surface area contributed by atoms with E-state index in [9.17, 15) is 4.79 Å². The molecule has 82 valence electrons. The molecule has 0 aromatic carbocycles. The topological polar surface area (TPSA) is 29.5 Å². The fraction of sp³-hybridized carbons (Fsp3) is 0.750. The number of carbonyl (C=O) groups excluding carboxylic acids is 1. The summed E-state index contributed by atoms with van der Waals surface area (Å²) < 4.78 is 5.53. The lowest BCUT2D eigenvalue weighted by Gasteiger charge is -2.52. The van der Waals surface area contributed by atoms with E-state index < -0.39 is 0 Å². The van der Waals surface area contributed by atoms with Crippen molar-refractivity contribution in [3.63, 3.8) is 0 Å². The maximum Gasteiger partial charge on any atom is 0.209 e. The van der Waals surface area contributed by atoms with E-state index in [2.05, 4.69) is 5.92 Å². The van der Waals surface area contributed by atoms with E-state index in [0.717, 1.165) is 32.3 Å². The van der Waals surface area contributed by atoms with E-state index in [4.69, 9.17) is 11.2 Å². The first-order valence-electron chi connectivity index (χ1n) is 5.52. The van der Waals surface area contributed by atoms with Gasteiger partial charge in [0.2, 0.25) is 6.41 Å². The predicted molar refractivity (Wildman–Crippen MR) is 57.1 cm³/mol. The first-order chi connectivity index (χ1) is 7.28. The molecule has 1 aliphatic heterocycles. The maximum atomic E-state index is 10.5. The lowest BCUT2D eigenvalue weighted by Crippen LogP contribution is -2.57. The minimum Gasteiger partial charge on any atom is -0.366 e. The summed E-state index contributed by atoms with van der Waals surface area (Å²) >= 11 is 0. The molecule has 1 spiro atoms. The number of rotatable bonds is 3. The molecule has 1 saturated heterocycles. The summed E-state index contributed by atoms with van der Waals surface area (Å²) in [5.74, 6) is 2.50. The molecular formula is C12H17NO2. The highest BCUT2D eigenvalue weighted by atomic mass is 16.5. The van der Waals surface area contributed by atoms with E-state index in [0.29, 0.717) is 18.1 Å². The van der Waals surface area contributed by atoms with Gasteiger partial charge in [-0.1, -0.05) is 5.92 Å². The third kappa shape index (κ3) is 2.15. The van der Waals surface area contributed by atoms with Crippen LogP contribution in [0.1, 0.15) is 25.7 Å². The Morgan fingerprint density at radius 3 is 2.67 bits per heavy atom. The highest BCUT2D eigenvalue weighted by Gasteiger charge is 2.44. The van der Waals surface area contributed by atoms with Crippen LogP contribution in [-0.2, 0) is 9.53 Å². The number of ether oxygens (including phenoxy) is 1. The minimum atomic E-state index is 0.344. The van der Waals surface area contributed by atoms with E-state index in [1.165, 1.54) is 12.8 Å². The Labute approximate surface area is 90.8 Å². The molecule has 0 N–H and O–H groups in total. The van der Waals surface area contributed by atoms with Crippen molar-refractivity contribution in [2.75, 3.05) is 19.7 Å². The van der Waals surface area contributed by atoms with E-state index in [1.54, 1.807) is 0 Å². The van der Waals surface area contributed by atoms with Gasteiger partial charge < -0.3 is 9.64 Å². The summed E-state index contributed by atoms with van der Waals surface area (Å²) in [6.07, 6.45) is 11.0. The summed E-state index contributed by atoms with van der Waals surface area (Å²) in [5.41, 5.74) is 0.414. The molecule has 1 aliphatic carbocycles. The van der Waals surface area contributed by atoms with Crippen molar-refractivity contribution in [1.29, 1.82) is 0 Å². The van der Waals surface area contributed by atoms with Crippen molar-refractivity contribution in [2.24, 2.45) is 5.41 Å². The smallest absolute Gasteiger partial charge is 0.209 e. The molecule has 1 heterocycles. The van der Waals surface area contributed by atoms with Crippen molar-refractivity contribution >= 4 is 6.41 Å². The Morgan fingerprint density at radius 2 is 2.13 bits per heavy atom. The largest absolute Gasteiger partial charge is 0.366 e. The number of likely N-dealkylation sites (tertiary alicyclic amines) is 1. The molecule has 3 nitrogen and oxygen atoms in total. The van der Waals surface area contributed by atoms with Gasteiger partial charge in [0.05, 0.1) is 6.10 Å². The van der Waals surface area contributed by atoms with E-state index >= 15 is 0 Å². The molecule has 0 aromatic rings. The van der Waals surface area contributed by atoms with Crippen LogP contribution in [0.25, 0.3) is 0 Å². The highest BCUT2D eigenvalue weighted by molar-refractivity contribution is 5.49. The molecule has 0 bridgehead atoms. The molecule has 2 fully saturated rings. The molecule has 0 radical (unpaired) electrons. The van der Waals surface area contributed by atoms with Gasteiger partial charge in [0.15, 0.2) is 0 Å². The number of carbonyl (C=O) groups is 1. The second kappa shape index (κ2) is 4.24. The average molecular weight is 207 g/mol. The predicted octanol–water partition coefficient (Wildman–Crippen LogP) is 1.04. The fourth-order valence-electron chi connectivity index (χ4n) is 2.74. The van der Waals surface area contributed by atoms with Gasteiger partial charge in [-0.15, -0.1) is 6.42 Å². The van der Waals surface area contributed by atoms with Crippen molar-refractivity contribution in [2.45, 2.75) is 31.8 Å². The Balaban J connectivity index is 1.74. The highest BCUT2D eigenvalue weighted by Crippen LogP contribution is 2.43. The molecule has 15 heavy (non-hydrogen) atoms. The molecule has 0 unspecified atom stereocenters. The van der Waals surface area contributed by atoms with Gasteiger partial charge in [-0.2, -0.15) is 0 Å². The van der Waals surface area contributed by atoms with Gasteiger partial charge in [-0.3, -0.25) is 4.79 Å². The maximum absolute atomic E-state index is 10.5. The lowest BCUT2D eigenvalue weighted by atomic mass is 9.68. The Hall–Kier alpha value is -1.01. The number of amides is 1. The molecule has 0 atom stereocenters. The normalized spacial score (nSPS) is 24.6. The molecular weight excluding hydrogens is 190 g/mol. The zero-order valence-corrected chi connectivity index (χ0v) is 8.95. The summed E-state index contributed by atoms with van der Waals surface area (Å²) in [6.45, 7) is 2.31. The van der Waals surface area contributed by atoms with Crippen molar-refractivity contribution in [3.8, 4) is 12.3 Å². The Bertz CT molecular complexity index is 266. The number of hydrogen-bond donors (Lipinski definition) is 0. The minimum absolute atomic E-state index is 0.344. The molecule has 0 aromatic heterocycles. The van der Waals surface area contributed by atoms with Crippen LogP contribution < -0.4 is 0 Å². The molecule has 2 aliphatic rings. The van der Waals surface area contributed by atoms with Crippen LogP contribution in [0.15, 0.2) is 0 Å². The summed E-state index contributed by atoms with van der Waals surface area (Å²) in [7, 11) is 0. The second-order valence-electron chi connectivity index (χ2n) is 4.72. The first kappa shape index (κ1) is 10.5. The van der Waals surface area contributed by atoms with Gasteiger partial charge in [0, 0.05) is 18.5 Å². The molecule has 2 rings (SSSR count). The fourth-order valence-corrected chi connectivity index (χ4v) is 2.74. The number of hydrogen-bond acceptors (Lipinski definition) is 2.